The molecule has 0 spiro atoms. The van der Waals surface area contributed by atoms with Crippen molar-refractivity contribution in [3.05, 3.63) is 21.6 Å². The Balaban J connectivity index is 2.98. The SMILES string of the molecule is CN(C)C(=O)CCOc1c(Cl)cc(Br)cc1S(=O)(=O)Cl. The molecule has 20 heavy (non-hydrogen) atoms. The zero-order valence-electron chi connectivity index (χ0n) is 10.7. The van der Waals surface area contributed by atoms with Crippen LogP contribution in [-0.2, 0) is 13.8 Å². The van der Waals surface area contributed by atoms with Gasteiger partial charge in [0.05, 0.1) is 18.1 Å². The van der Waals surface area contributed by atoms with Crippen molar-refractivity contribution >= 4 is 53.2 Å². The van der Waals surface area contributed by atoms with Crippen molar-refractivity contribution < 1.29 is 17.9 Å². The van der Waals surface area contributed by atoms with Crippen molar-refractivity contribution in [2.45, 2.75) is 11.3 Å². The Morgan fingerprint density at radius 2 is 2.00 bits per heavy atom. The molecule has 0 unspecified atom stereocenters. The fourth-order valence-electron chi connectivity index (χ4n) is 1.32. The highest BCUT2D eigenvalue weighted by Crippen LogP contribution is 2.37. The van der Waals surface area contributed by atoms with Crippen LogP contribution in [-0.4, -0.2) is 39.9 Å². The Labute approximate surface area is 135 Å². The summed E-state index contributed by atoms with van der Waals surface area (Å²) in [6, 6.07) is 2.77. The lowest BCUT2D eigenvalue weighted by Crippen LogP contribution is -2.23. The van der Waals surface area contributed by atoms with Gasteiger partial charge in [-0.15, -0.1) is 0 Å². The highest BCUT2D eigenvalue weighted by atomic mass is 79.9. The highest BCUT2D eigenvalue weighted by Gasteiger charge is 2.21. The number of carbonyl (C=O) groups excluding carboxylic acids is 1. The lowest BCUT2D eigenvalue weighted by Gasteiger charge is -2.13. The maximum atomic E-state index is 11.5. The summed E-state index contributed by atoms with van der Waals surface area (Å²) in [7, 11) is 4.56. The van der Waals surface area contributed by atoms with Gasteiger partial charge in [-0.3, -0.25) is 4.79 Å². The normalized spacial score (nSPS) is 11.2. The number of rotatable bonds is 5. The van der Waals surface area contributed by atoms with Crippen LogP contribution >= 0.6 is 38.2 Å². The molecule has 0 heterocycles. The van der Waals surface area contributed by atoms with Crippen molar-refractivity contribution in [2.24, 2.45) is 0 Å². The van der Waals surface area contributed by atoms with Crippen LogP contribution in [0.5, 0.6) is 5.75 Å². The van der Waals surface area contributed by atoms with E-state index >= 15 is 0 Å². The minimum absolute atomic E-state index is 0.00221. The van der Waals surface area contributed by atoms with Crippen LogP contribution < -0.4 is 4.74 Å². The molecule has 0 fully saturated rings. The zero-order valence-corrected chi connectivity index (χ0v) is 14.6. The van der Waals surface area contributed by atoms with E-state index in [1.807, 2.05) is 0 Å². The third-order valence-electron chi connectivity index (χ3n) is 2.30. The van der Waals surface area contributed by atoms with Crippen LogP contribution in [0.4, 0.5) is 0 Å². The number of hydrogen-bond donors (Lipinski definition) is 0. The molecule has 1 rings (SSSR count). The lowest BCUT2D eigenvalue weighted by molar-refractivity contribution is -0.129. The first-order valence-corrected chi connectivity index (χ1v) is 8.87. The molecule has 112 valence electrons. The summed E-state index contributed by atoms with van der Waals surface area (Å²) in [5.41, 5.74) is 0. The Morgan fingerprint density at radius 3 is 2.50 bits per heavy atom. The lowest BCUT2D eigenvalue weighted by atomic mass is 10.3. The summed E-state index contributed by atoms with van der Waals surface area (Å²) in [5.74, 6) is -0.204. The zero-order chi connectivity index (χ0) is 15.5. The number of ether oxygens (including phenoxy) is 1. The van der Waals surface area contributed by atoms with Gasteiger partial charge in [-0.2, -0.15) is 0 Å². The molecule has 1 aromatic rings. The molecule has 0 N–H and O–H groups in total. The molecule has 0 bridgehead atoms. The van der Waals surface area contributed by atoms with Gasteiger partial charge in [-0.05, 0) is 12.1 Å². The summed E-state index contributed by atoms with van der Waals surface area (Å²) in [5, 5.41) is 0.0934. The van der Waals surface area contributed by atoms with E-state index < -0.39 is 9.05 Å². The second-order valence-electron chi connectivity index (χ2n) is 4.04. The Hall–Kier alpha value is -0.500. The minimum Gasteiger partial charge on any atom is -0.490 e. The first-order valence-electron chi connectivity index (χ1n) is 5.39. The van der Waals surface area contributed by atoms with Gasteiger partial charge in [-0.25, -0.2) is 8.42 Å². The predicted molar refractivity (Wildman–Crippen MR) is 81.0 cm³/mol. The van der Waals surface area contributed by atoms with Crippen LogP contribution in [0.2, 0.25) is 5.02 Å². The van der Waals surface area contributed by atoms with Crippen LogP contribution in [0.1, 0.15) is 6.42 Å². The van der Waals surface area contributed by atoms with Crippen LogP contribution in [0, 0.1) is 0 Å². The Morgan fingerprint density at radius 1 is 1.40 bits per heavy atom. The highest BCUT2D eigenvalue weighted by molar-refractivity contribution is 9.10. The summed E-state index contributed by atoms with van der Waals surface area (Å²) in [4.78, 5) is 12.6. The minimum atomic E-state index is -4.01. The molecule has 0 saturated carbocycles. The van der Waals surface area contributed by atoms with Crippen LogP contribution in [0.3, 0.4) is 0 Å². The molecule has 0 saturated heterocycles. The third-order valence-corrected chi connectivity index (χ3v) is 4.36. The van der Waals surface area contributed by atoms with E-state index in [1.165, 1.54) is 17.0 Å². The van der Waals surface area contributed by atoms with Gasteiger partial charge >= 0.3 is 0 Å². The maximum absolute atomic E-state index is 11.5. The number of nitrogens with zero attached hydrogens (tertiary/aromatic N) is 1. The molecule has 0 aliphatic carbocycles. The standard InChI is InChI=1S/C11H12BrCl2NO4S/c1-15(2)10(16)3-4-19-11-8(13)5-7(12)6-9(11)20(14,17)18/h5-6H,3-4H2,1-2H3. The van der Waals surface area contributed by atoms with Gasteiger partial charge in [0.2, 0.25) is 5.91 Å². The number of hydrogen-bond acceptors (Lipinski definition) is 4. The largest absolute Gasteiger partial charge is 0.490 e. The van der Waals surface area contributed by atoms with Gasteiger partial charge in [0.15, 0.2) is 5.75 Å². The number of benzene rings is 1. The molecule has 9 heteroatoms. The van der Waals surface area contributed by atoms with E-state index in [0.29, 0.717) is 4.47 Å². The van der Waals surface area contributed by atoms with Gasteiger partial charge in [0, 0.05) is 29.3 Å². The monoisotopic (exact) mass is 403 g/mol. The number of amides is 1. The van der Waals surface area contributed by atoms with Crippen LogP contribution in [0.15, 0.2) is 21.5 Å². The molecule has 5 nitrogen and oxygen atoms in total. The first kappa shape index (κ1) is 17.6. The molecule has 0 aliphatic rings. The smallest absolute Gasteiger partial charge is 0.265 e. The molecule has 0 radical (unpaired) electrons. The summed E-state index contributed by atoms with van der Waals surface area (Å²) in [6.45, 7) is -0.00221. The number of halogens is 3. The molecule has 0 atom stereocenters. The van der Waals surface area contributed by atoms with E-state index in [1.54, 1.807) is 14.1 Å². The van der Waals surface area contributed by atoms with Gasteiger partial charge in [0.25, 0.3) is 9.05 Å². The van der Waals surface area contributed by atoms with E-state index in [0.717, 1.165) is 0 Å². The van der Waals surface area contributed by atoms with Crippen molar-refractivity contribution in [2.75, 3.05) is 20.7 Å². The van der Waals surface area contributed by atoms with Gasteiger partial charge in [-0.1, -0.05) is 27.5 Å². The van der Waals surface area contributed by atoms with Crippen molar-refractivity contribution in [1.82, 2.24) is 4.90 Å². The molecule has 0 aromatic heterocycles. The van der Waals surface area contributed by atoms with Crippen LogP contribution in [0.25, 0.3) is 0 Å². The van der Waals surface area contributed by atoms with Gasteiger partial charge < -0.3 is 9.64 Å². The second-order valence-corrected chi connectivity index (χ2v) is 7.90. The molecule has 0 aliphatic heterocycles. The summed E-state index contributed by atoms with van der Waals surface area (Å²) in [6.07, 6.45) is 0.0984. The first-order chi connectivity index (χ1) is 9.12. The van der Waals surface area contributed by atoms with Crippen molar-refractivity contribution in [3.8, 4) is 5.75 Å². The van der Waals surface area contributed by atoms with E-state index in [-0.39, 0.29) is 34.6 Å². The molecular weight excluding hydrogens is 393 g/mol. The Kier molecular flexibility index (Phi) is 6.12. The summed E-state index contributed by atoms with van der Waals surface area (Å²) >= 11 is 9.07. The third kappa shape index (κ3) is 4.80. The molecule has 1 aromatic carbocycles. The second kappa shape index (κ2) is 6.98. The van der Waals surface area contributed by atoms with E-state index in [2.05, 4.69) is 15.9 Å². The fourth-order valence-corrected chi connectivity index (χ4v) is 3.39. The predicted octanol–water partition coefficient (Wildman–Crippen LogP) is 2.89. The summed E-state index contributed by atoms with van der Waals surface area (Å²) < 4.78 is 28.8. The maximum Gasteiger partial charge on any atom is 0.265 e. The average Bonchev–Trinajstić information content (AvgIpc) is 2.29. The molecule has 1 amide bonds. The quantitative estimate of drug-likeness (QED) is 0.707. The van der Waals surface area contributed by atoms with Gasteiger partial charge in [0.1, 0.15) is 4.90 Å². The Bertz CT molecular complexity index is 619. The van der Waals surface area contributed by atoms with Crippen molar-refractivity contribution in [1.29, 1.82) is 0 Å². The van der Waals surface area contributed by atoms with E-state index in [9.17, 15) is 13.2 Å². The topological polar surface area (TPSA) is 63.7 Å². The molecular formula is C11H12BrCl2NO4S. The number of carbonyl (C=O) groups is 1. The fraction of sp³-hybridized carbons (Fsp3) is 0.364. The average molecular weight is 405 g/mol. The van der Waals surface area contributed by atoms with E-state index in [4.69, 9.17) is 27.0 Å². The van der Waals surface area contributed by atoms with Crippen molar-refractivity contribution in [3.63, 3.8) is 0 Å².